The number of benzene rings is 1. The molecule has 124 valence electrons. The van der Waals surface area contributed by atoms with Crippen LogP contribution in [0, 0.1) is 0 Å². The third kappa shape index (κ3) is 4.66. The lowest BCUT2D eigenvalue weighted by atomic mass is 10.3. The summed E-state index contributed by atoms with van der Waals surface area (Å²) in [5.74, 6) is 0.269. The van der Waals surface area contributed by atoms with E-state index in [9.17, 15) is 8.42 Å². The van der Waals surface area contributed by atoms with Crippen LogP contribution in [0.15, 0.2) is 28.0 Å². The summed E-state index contributed by atoms with van der Waals surface area (Å²) in [6.07, 6.45) is 0. The normalized spacial score (nSPS) is 11.3. The van der Waals surface area contributed by atoms with Crippen molar-refractivity contribution < 1.29 is 13.0 Å². The van der Waals surface area contributed by atoms with Crippen molar-refractivity contribution in [1.29, 1.82) is 0 Å². The maximum atomic E-state index is 11.2. The van der Waals surface area contributed by atoms with Crippen molar-refractivity contribution in [1.82, 2.24) is 15.0 Å². The molecule has 1 heterocycles. The predicted octanol–water partition coefficient (Wildman–Crippen LogP) is 0.103. The lowest BCUT2D eigenvalue weighted by Crippen LogP contribution is -2.16. The SMILES string of the molecule is NCCNc1nc(N)nc(Nc2cc(S(=O)(=O)O)ccc2S)n1. The number of hydrogen-bond acceptors (Lipinski definition) is 10. The molecular weight excluding hydrogens is 342 g/mol. The van der Waals surface area contributed by atoms with Gasteiger partial charge in [-0.05, 0) is 18.2 Å². The highest BCUT2D eigenvalue weighted by molar-refractivity contribution is 7.85. The Morgan fingerprint density at radius 1 is 1.22 bits per heavy atom. The molecule has 2 rings (SSSR count). The van der Waals surface area contributed by atoms with Gasteiger partial charge in [0.1, 0.15) is 0 Å². The zero-order valence-corrected chi connectivity index (χ0v) is 13.5. The molecule has 0 amide bonds. The van der Waals surface area contributed by atoms with Crippen molar-refractivity contribution in [2.45, 2.75) is 9.79 Å². The third-order valence-electron chi connectivity index (χ3n) is 2.59. The minimum absolute atomic E-state index is 0.0336. The first-order valence-corrected chi connectivity index (χ1v) is 8.21. The van der Waals surface area contributed by atoms with Crippen LogP contribution in [0.3, 0.4) is 0 Å². The van der Waals surface area contributed by atoms with E-state index in [4.69, 9.17) is 16.0 Å². The molecule has 0 radical (unpaired) electrons. The molecule has 10 nitrogen and oxygen atoms in total. The van der Waals surface area contributed by atoms with E-state index in [1.54, 1.807) is 0 Å². The zero-order chi connectivity index (χ0) is 17.0. The largest absolute Gasteiger partial charge is 0.368 e. The molecule has 0 aliphatic rings. The van der Waals surface area contributed by atoms with Crippen LogP contribution < -0.4 is 22.1 Å². The molecule has 12 heteroatoms. The van der Waals surface area contributed by atoms with Gasteiger partial charge in [-0.2, -0.15) is 23.4 Å². The van der Waals surface area contributed by atoms with E-state index in [0.29, 0.717) is 18.0 Å². The van der Waals surface area contributed by atoms with Gasteiger partial charge >= 0.3 is 0 Å². The summed E-state index contributed by atoms with van der Waals surface area (Å²) in [6, 6.07) is 3.83. The Labute approximate surface area is 137 Å². The Morgan fingerprint density at radius 3 is 2.57 bits per heavy atom. The Balaban J connectivity index is 2.33. The molecule has 0 fully saturated rings. The van der Waals surface area contributed by atoms with Crippen LogP contribution >= 0.6 is 12.6 Å². The van der Waals surface area contributed by atoms with Gasteiger partial charge in [0.05, 0.1) is 10.6 Å². The highest BCUT2D eigenvalue weighted by atomic mass is 32.2. The lowest BCUT2D eigenvalue weighted by Gasteiger charge is -2.10. The maximum absolute atomic E-state index is 11.2. The number of nitrogens with two attached hydrogens (primary N) is 2. The molecule has 1 aromatic carbocycles. The fourth-order valence-electron chi connectivity index (χ4n) is 1.61. The molecule has 23 heavy (non-hydrogen) atoms. The first kappa shape index (κ1) is 17.2. The van der Waals surface area contributed by atoms with Crippen LogP contribution in [0.2, 0.25) is 0 Å². The smallest absolute Gasteiger partial charge is 0.294 e. The molecule has 0 atom stereocenters. The zero-order valence-electron chi connectivity index (χ0n) is 11.8. The summed E-state index contributed by atoms with van der Waals surface area (Å²) in [5.41, 5.74) is 11.3. The average molecular weight is 357 g/mol. The van der Waals surface area contributed by atoms with Crippen molar-refractivity contribution in [3.63, 3.8) is 0 Å². The van der Waals surface area contributed by atoms with Crippen LogP contribution in [0.25, 0.3) is 0 Å². The maximum Gasteiger partial charge on any atom is 0.294 e. The average Bonchev–Trinajstić information content (AvgIpc) is 2.45. The van der Waals surface area contributed by atoms with E-state index in [-0.39, 0.29) is 28.4 Å². The Kier molecular flexibility index (Phi) is 5.20. The van der Waals surface area contributed by atoms with Crippen LogP contribution in [-0.4, -0.2) is 41.0 Å². The van der Waals surface area contributed by atoms with Gasteiger partial charge in [-0.3, -0.25) is 4.55 Å². The van der Waals surface area contributed by atoms with Crippen LogP contribution in [0.5, 0.6) is 0 Å². The van der Waals surface area contributed by atoms with Crippen molar-refractivity contribution in [2.24, 2.45) is 5.73 Å². The van der Waals surface area contributed by atoms with Gasteiger partial charge in [0, 0.05) is 18.0 Å². The van der Waals surface area contributed by atoms with Gasteiger partial charge in [-0.25, -0.2) is 0 Å². The second kappa shape index (κ2) is 6.95. The number of aromatic nitrogens is 3. The van der Waals surface area contributed by atoms with Crippen molar-refractivity contribution in [3.05, 3.63) is 18.2 Å². The summed E-state index contributed by atoms with van der Waals surface area (Å²) in [6.45, 7) is 0.824. The standard InChI is InChI=1S/C11H15N7O3S2/c12-3-4-14-10-16-9(13)17-11(18-10)15-7-5-6(23(19,20)21)1-2-8(7)22/h1-2,5,22H,3-4,12H2,(H,19,20,21)(H4,13,14,15,16,17,18). The fourth-order valence-corrected chi connectivity index (χ4v) is 2.31. The summed E-state index contributed by atoms with van der Waals surface area (Å²) in [4.78, 5) is 12.0. The summed E-state index contributed by atoms with van der Waals surface area (Å²) in [5, 5.41) is 5.63. The van der Waals surface area contributed by atoms with Gasteiger partial charge in [-0.1, -0.05) is 0 Å². The lowest BCUT2D eigenvalue weighted by molar-refractivity contribution is 0.483. The number of nitrogens with zero attached hydrogens (tertiary/aromatic N) is 3. The van der Waals surface area contributed by atoms with Gasteiger partial charge in [0.25, 0.3) is 10.1 Å². The number of rotatable bonds is 6. The van der Waals surface area contributed by atoms with E-state index in [1.807, 2.05) is 0 Å². The molecule has 0 saturated heterocycles. The number of hydrogen-bond donors (Lipinski definition) is 6. The molecular formula is C11H15N7O3S2. The van der Waals surface area contributed by atoms with Crippen molar-refractivity contribution in [3.8, 4) is 0 Å². The molecule has 7 N–H and O–H groups in total. The van der Waals surface area contributed by atoms with Gasteiger partial charge in [-0.15, -0.1) is 12.6 Å². The van der Waals surface area contributed by atoms with Crippen molar-refractivity contribution in [2.75, 3.05) is 29.5 Å². The summed E-state index contributed by atoms with van der Waals surface area (Å²) < 4.78 is 31.5. The minimum atomic E-state index is -4.34. The quantitative estimate of drug-likeness (QED) is 0.308. The number of anilines is 4. The molecule has 0 bridgehead atoms. The van der Waals surface area contributed by atoms with E-state index < -0.39 is 10.1 Å². The first-order valence-electron chi connectivity index (χ1n) is 6.32. The summed E-state index contributed by atoms with van der Waals surface area (Å²) >= 11 is 4.21. The molecule has 0 unspecified atom stereocenters. The molecule has 0 aliphatic carbocycles. The molecule has 0 aliphatic heterocycles. The Bertz CT molecular complexity index is 813. The predicted molar refractivity (Wildman–Crippen MR) is 88.6 cm³/mol. The van der Waals surface area contributed by atoms with E-state index >= 15 is 0 Å². The topological polar surface area (TPSA) is 169 Å². The Morgan fingerprint density at radius 2 is 1.91 bits per heavy atom. The highest BCUT2D eigenvalue weighted by Gasteiger charge is 2.13. The molecule has 0 spiro atoms. The molecule has 2 aromatic rings. The van der Waals surface area contributed by atoms with Crippen LogP contribution in [-0.2, 0) is 10.1 Å². The van der Waals surface area contributed by atoms with Gasteiger partial charge < -0.3 is 22.1 Å². The number of thiol groups is 1. The monoisotopic (exact) mass is 357 g/mol. The molecule has 1 aromatic heterocycles. The first-order chi connectivity index (χ1) is 10.8. The van der Waals surface area contributed by atoms with Crippen LogP contribution in [0.4, 0.5) is 23.5 Å². The fraction of sp³-hybridized carbons (Fsp3) is 0.182. The number of nitrogen functional groups attached to an aromatic ring is 1. The second-order valence-corrected chi connectivity index (χ2v) is 6.24. The summed E-state index contributed by atoms with van der Waals surface area (Å²) in [7, 11) is -4.34. The van der Waals surface area contributed by atoms with Gasteiger partial charge in [0.2, 0.25) is 17.8 Å². The van der Waals surface area contributed by atoms with Gasteiger partial charge in [0.15, 0.2) is 0 Å². The third-order valence-corrected chi connectivity index (χ3v) is 3.83. The Hall–Kier alpha value is -2.15. The van der Waals surface area contributed by atoms with E-state index in [0.717, 1.165) is 0 Å². The highest BCUT2D eigenvalue weighted by Crippen LogP contribution is 2.26. The van der Waals surface area contributed by atoms with Crippen LogP contribution in [0.1, 0.15) is 0 Å². The van der Waals surface area contributed by atoms with E-state index in [2.05, 4.69) is 38.2 Å². The second-order valence-electron chi connectivity index (χ2n) is 4.34. The minimum Gasteiger partial charge on any atom is -0.368 e. The molecule has 0 saturated carbocycles. The van der Waals surface area contributed by atoms with Crippen molar-refractivity contribution >= 4 is 46.3 Å². The number of nitrogens with one attached hydrogen (secondary N) is 2. The van der Waals surface area contributed by atoms with E-state index in [1.165, 1.54) is 18.2 Å².